The summed E-state index contributed by atoms with van der Waals surface area (Å²) in [4.78, 5) is 14.0. The number of carbonyl (C=O) groups excluding carboxylic acids is 1. The molecule has 1 aliphatic heterocycles. The molecule has 12 heteroatoms. The zero-order chi connectivity index (χ0) is 19.4. The fourth-order valence-electron chi connectivity index (χ4n) is 2.66. The van der Waals surface area contributed by atoms with Crippen LogP contribution in [0, 0.1) is 11.3 Å². The SMILES string of the molecule is Cn1nnnc1SCC(=O)N1CCN(S(=O)(=O)c2ccccc2C#N)CC1. The zero-order valence-corrected chi connectivity index (χ0v) is 16.1. The molecule has 142 valence electrons. The highest BCUT2D eigenvalue weighted by atomic mass is 32.2. The van der Waals surface area contributed by atoms with Crippen molar-refractivity contribution in [3.63, 3.8) is 0 Å². The number of carbonyl (C=O) groups is 1. The molecule has 0 bridgehead atoms. The van der Waals surface area contributed by atoms with E-state index in [1.165, 1.54) is 32.9 Å². The number of rotatable bonds is 5. The lowest BCUT2D eigenvalue weighted by Crippen LogP contribution is -2.51. The first-order valence-electron chi connectivity index (χ1n) is 8.05. The third kappa shape index (κ3) is 4.10. The highest BCUT2D eigenvalue weighted by molar-refractivity contribution is 7.99. The Morgan fingerprint density at radius 2 is 1.96 bits per heavy atom. The van der Waals surface area contributed by atoms with Crippen LogP contribution in [0.25, 0.3) is 0 Å². The molecule has 2 heterocycles. The van der Waals surface area contributed by atoms with E-state index in [1.54, 1.807) is 24.1 Å². The first-order valence-corrected chi connectivity index (χ1v) is 10.5. The minimum absolute atomic E-state index is 0.00221. The Bertz CT molecular complexity index is 975. The number of hydrogen-bond acceptors (Lipinski definition) is 8. The average Bonchev–Trinajstić information content (AvgIpc) is 3.11. The second-order valence-electron chi connectivity index (χ2n) is 5.77. The van der Waals surface area contributed by atoms with Crippen LogP contribution in [0.15, 0.2) is 34.3 Å². The van der Waals surface area contributed by atoms with Gasteiger partial charge in [0.05, 0.1) is 16.2 Å². The molecule has 2 aromatic rings. The Labute approximate surface area is 160 Å². The number of aryl methyl sites for hydroxylation is 1. The minimum Gasteiger partial charge on any atom is -0.339 e. The van der Waals surface area contributed by atoms with Gasteiger partial charge in [-0.15, -0.1) is 5.10 Å². The van der Waals surface area contributed by atoms with Crippen molar-refractivity contribution in [2.75, 3.05) is 31.9 Å². The Hall–Kier alpha value is -2.49. The molecule has 0 radical (unpaired) electrons. The van der Waals surface area contributed by atoms with Crippen molar-refractivity contribution in [2.45, 2.75) is 10.1 Å². The Balaban J connectivity index is 1.60. The molecule has 0 unspecified atom stereocenters. The maximum absolute atomic E-state index is 12.8. The van der Waals surface area contributed by atoms with Crippen LogP contribution in [0.5, 0.6) is 0 Å². The van der Waals surface area contributed by atoms with E-state index in [0.717, 1.165) is 0 Å². The number of aromatic nitrogens is 4. The fraction of sp³-hybridized carbons (Fsp3) is 0.400. The molecule has 10 nitrogen and oxygen atoms in total. The summed E-state index contributed by atoms with van der Waals surface area (Å²) in [5, 5.41) is 20.7. The normalized spacial score (nSPS) is 15.5. The standard InChI is InChI=1S/C15H17N7O3S2/c1-20-15(17-18-19-20)26-11-14(23)21-6-8-22(9-7-21)27(24,25)13-5-3-2-4-12(13)10-16/h2-5H,6-9,11H2,1H3. The van der Waals surface area contributed by atoms with Gasteiger partial charge in [-0.3, -0.25) is 4.79 Å². The van der Waals surface area contributed by atoms with E-state index in [-0.39, 0.29) is 35.2 Å². The molecule has 1 saturated heterocycles. The highest BCUT2D eigenvalue weighted by Gasteiger charge is 2.31. The van der Waals surface area contributed by atoms with Crippen LogP contribution in [-0.2, 0) is 21.9 Å². The second kappa shape index (κ2) is 8.03. The molecule has 1 aromatic carbocycles. The Kier molecular flexibility index (Phi) is 5.73. The lowest BCUT2D eigenvalue weighted by atomic mass is 10.2. The smallest absolute Gasteiger partial charge is 0.244 e. The maximum Gasteiger partial charge on any atom is 0.244 e. The number of hydrogen-bond donors (Lipinski definition) is 0. The Morgan fingerprint density at radius 1 is 1.26 bits per heavy atom. The summed E-state index contributed by atoms with van der Waals surface area (Å²) in [5.41, 5.74) is 0.115. The molecule has 3 rings (SSSR count). The lowest BCUT2D eigenvalue weighted by Gasteiger charge is -2.34. The van der Waals surface area contributed by atoms with Crippen molar-refractivity contribution < 1.29 is 13.2 Å². The summed E-state index contributed by atoms with van der Waals surface area (Å²) in [6.07, 6.45) is 0. The topological polar surface area (TPSA) is 125 Å². The van der Waals surface area contributed by atoms with Crippen LogP contribution in [0.4, 0.5) is 0 Å². The molecule has 1 aliphatic rings. The van der Waals surface area contributed by atoms with E-state index in [1.807, 2.05) is 6.07 Å². The molecule has 1 amide bonds. The molecule has 1 fully saturated rings. The van der Waals surface area contributed by atoms with Crippen molar-refractivity contribution in [1.29, 1.82) is 5.26 Å². The minimum atomic E-state index is -3.77. The largest absolute Gasteiger partial charge is 0.339 e. The average molecular weight is 407 g/mol. The van der Waals surface area contributed by atoms with Crippen molar-refractivity contribution in [3.8, 4) is 6.07 Å². The highest BCUT2D eigenvalue weighted by Crippen LogP contribution is 2.21. The molecular formula is C15H17N7O3S2. The van der Waals surface area contributed by atoms with E-state index < -0.39 is 10.0 Å². The van der Waals surface area contributed by atoms with Crippen molar-refractivity contribution in [3.05, 3.63) is 29.8 Å². The lowest BCUT2D eigenvalue weighted by molar-refractivity contribution is -0.129. The van der Waals surface area contributed by atoms with E-state index in [4.69, 9.17) is 5.26 Å². The van der Waals surface area contributed by atoms with Gasteiger partial charge in [0.15, 0.2) is 0 Å². The van der Waals surface area contributed by atoms with Gasteiger partial charge in [-0.2, -0.15) is 9.57 Å². The summed E-state index contributed by atoms with van der Waals surface area (Å²) >= 11 is 1.23. The summed E-state index contributed by atoms with van der Waals surface area (Å²) in [5.74, 6) is 0.0792. The zero-order valence-electron chi connectivity index (χ0n) is 14.5. The first kappa shape index (κ1) is 19.3. The van der Waals surface area contributed by atoms with Gasteiger partial charge in [0.1, 0.15) is 6.07 Å². The van der Waals surface area contributed by atoms with Gasteiger partial charge in [0.2, 0.25) is 21.1 Å². The molecule has 0 atom stereocenters. The van der Waals surface area contributed by atoms with Crippen LogP contribution in [-0.4, -0.2) is 75.7 Å². The molecule has 0 N–H and O–H groups in total. The predicted octanol–water partition coefficient (Wildman–Crippen LogP) is -0.293. The van der Waals surface area contributed by atoms with Gasteiger partial charge < -0.3 is 4.90 Å². The summed E-state index contributed by atoms with van der Waals surface area (Å²) in [6, 6.07) is 8.03. The van der Waals surface area contributed by atoms with Gasteiger partial charge in [-0.25, -0.2) is 13.1 Å². The summed E-state index contributed by atoms with van der Waals surface area (Å²) in [6.45, 7) is 0.961. The van der Waals surface area contributed by atoms with Gasteiger partial charge in [0.25, 0.3) is 0 Å². The molecule has 0 spiro atoms. The van der Waals surface area contributed by atoms with Crippen molar-refractivity contribution in [1.82, 2.24) is 29.4 Å². The fourth-order valence-corrected chi connectivity index (χ4v) is 4.98. The number of piperazine rings is 1. The number of thioether (sulfide) groups is 1. The number of benzene rings is 1. The van der Waals surface area contributed by atoms with E-state index in [2.05, 4.69) is 15.5 Å². The third-order valence-electron chi connectivity index (χ3n) is 4.12. The van der Waals surface area contributed by atoms with E-state index >= 15 is 0 Å². The number of sulfonamides is 1. The van der Waals surface area contributed by atoms with Crippen LogP contribution in [0.1, 0.15) is 5.56 Å². The van der Waals surface area contributed by atoms with Gasteiger partial charge in [-0.05, 0) is 22.6 Å². The second-order valence-corrected chi connectivity index (χ2v) is 8.62. The number of amides is 1. The number of nitrogens with zero attached hydrogens (tertiary/aromatic N) is 7. The van der Waals surface area contributed by atoms with Crippen LogP contribution < -0.4 is 0 Å². The molecule has 0 saturated carbocycles. The number of nitriles is 1. The third-order valence-corrected chi connectivity index (χ3v) is 7.07. The van der Waals surface area contributed by atoms with Crippen LogP contribution in [0.3, 0.4) is 0 Å². The van der Waals surface area contributed by atoms with E-state index in [0.29, 0.717) is 18.2 Å². The van der Waals surface area contributed by atoms with Crippen molar-refractivity contribution in [2.24, 2.45) is 7.05 Å². The van der Waals surface area contributed by atoms with Gasteiger partial charge >= 0.3 is 0 Å². The molecule has 0 aliphatic carbocycles. The monoisotopic (exact) mass is 407 g/mol. The van der Waals surface area contributed by atoms with Gasteiger partial charge in [0, 0.05) is 33.2 Å². The quantitative estimate of drug-likeness (QED) is 0.619. The molecular weight excluding hydrogens is 390 g/mol. The predicted molar refractivity (Wildman–Crippen MR) is 96.0 cm³/mol. The first-order chi connectivity index (χ1) is 12.9. The summed E-state index contributed by atoms with van der Waals surface area (Å²) < 4.78 is 28.4. The van der Waals surface area contributed by atoms with Crippen molar-refractivity contribution >= 4 is 27.7 Å². The number of tetrazole rings is 1. The van der Waals surface area contributed by atoms with Crippen LogP contribution >= 0.6 is 11.8 Å². The maximum atomic E-state index is 12.8. The van der Waals surface area contributed by atoms with Gasteiger partial charge in [-0.1, -0.05) is 23.9 Å². The molecule has 1 aromatic heterocycles. The molecule has 27 heavy (non-hydrogen) atoms. The van der Waals surface area contributed by atoms with Crippen LogP contribution in [0.2, 0.25) is 0 Å². The summed E-state index contributed by atoms with van der Waals surface area (Å²) in [7, 11) is -2.08. The van der Waals surface area contributed by atoms with E-state index in [9.17, 15) is 13.2 Å². The Morgan fingerprint density at radius 3 is 2.59 bits per heavy atom.